The molecule has 1 fully saturated rings. The van der Waals surface area contributed by atoms with Gasteiger partial charge in [-0.25, -0.2) is 18.7 Å². The lowest BCUT2D eigenvalue weighted by Crippen LogP contribution is -2.44. The van der Waals surface area contributed by atoms with Crippen molar-refractivity contribution in [3.8, 4) is 0 Å². The Morgan fingerprint density at radius 1 is 1.29 bits per heavy atom. The molecule has 2 aromatic rings. The van der Waals surface area contributed by atoms with Crippen LogP contribution in [0.3, 0.4) is 0 Å². The van der Waals surface area contributed by atoms with Crippen LogP contribution in [0.1, 0.15) is 37.7 Å². The second-order valence-corrected chi connectivity index (χ2v) is 6.34. The number of carbonyl (C=O) groups excluding carboxylic acids is 1. The number of hydrogen-bond donors (Lipinski definition) is 1. The van der Waals surface area contributed by atoms with Crippen molar-refractivity contribution in [2.75, 3.05) is 5.32 Å². The summed E-state index contributed by atoms with van der Waals surface area (Å²) in [6.45, 7) is 3.78. The summed E-state index contributed by atoms with van der Waals surface area (Å²) < 4.78 is 27.8. The van der Waals surface area contributed by atoms with Crippen LogP contribution in [-0.4, -0.2) is 15.9 Å². The minimum Gasteiger partial charge on any atom is -0.320 e. The highest BCUT2D eigenvalue weighted by Crippen LogP contribution is 2.45. The number of rotatable bonds is 3. The van der Waals surface area contributed by atoms with Gasteiger partial charge in [0.15, 0.2) is 0 Å². The van der Waals surface area contributed by atoms with E-state index in [4.69, 9.17) is 0 Å². The molecular formula is C18H19F2N3O. The number of aromatic nitrogens is 2. The molecule has 6 heteroatoms. The van der Waals surface area contributed by atoms with E-state index in [9.17, 15) is 13.6 Å². The van der Waals surface area contributed by atoms with Gasteiger partial charge in [-0.1, -0.05) is 19.4 Å². The van der Waals surface area contributed by atoms with Gasteiger partial charge in [-0.2, -0.15) is 0 Å². The van der Waals surface area contributed by atoms with Crippen molar-refractivity contribution in [1.29, 1.82) is 0 Å². The zero-order valence-electron chi connectivity index (χ0n) is 13.6. The van der Waals surface area contributed by atoms with Gasteiger partial charge < -0.3 is 5.32 Å². The quantitative estimate of drug-likeness (QED) is 0.932. The standard InChI is InChI=1S/C18H19F2N3O/c1-11-5-4-9-18(11,16-21-10-8-12(2)22-16)17(24)23-15-13(19)6-3-7-14(15)20/h3,6-8,10-11H,4-5,9H2,1-2H3,(H,23,24). The molecule has 24 heavy (non-hydrogen) atoms. The molecule has 4 nitrogen and oxygen atoms in total. The van der Waals surface area contributed by atoms with E-state index in [2.05, 4.69) is 15.3 Å². The number of carbonyl (C=O) groups is 1. The van der Waals surface area contributed by atoms with Crippen molar-refractivity contribution in [1.82, 2.24) is 9.97 Å². The SMILES string of the molecule is Cc1ccnc(C2(C(=O)Nc3c(F)cccc3F)CCCC2C)n1. The Hall–Kier alpha value is -2.37. The Labute approximate surface area is 139 Å². The summed E-state index contributed by atoms with van der Waals surface area (Å²) in [4.78, 5) is 21.8. The minimum atomic E-state index is -0.971. The van der Waals surface area contributed by atoms with E-state index in [0.29, 0.717) is 12.2 Å². The van der Waals surface area contributed by atoms with E-state index in [1.54, 1.807) is 12.3 Å². The molecule has 0 spiro atoms. The van der Waals surface area contributed by atoms with Crippen molar-refractivity contribution in [3.63, 3.8) is 0 Å². The first-order chi connectivity index (χ1) is 11.4. The maximum Gasteiger partial charge on any atom is 0.238 e. The molecule has 1 aromatic carbocycles. The highest BCUT2D eigenvalue weighted by molar-refractivity contribution is 5.99. The van der Waals surface area contributed by atoms with Crippen LogP contribution in [0.2, 0.25) is 0 Å². The summed E-state index contributed by atoms with van der Waals surface area (Å²) >= 11 is 0. The summed E-state index contributed by atoms with van der Waals surface area (Å²) in [5.74, 6) is -1.65. The number of aryl methyl sites for hydroxylation is 1. The third kappa shape index (κ3) is 2.66. The zero-order chi connectivity index (χ0) is 17.3. The molecule has 2 atom stereocenters. The molecule has 0 saturated heterocycles. The van der Waals surface area contributed by atoms with Gasteiger partial charge in [-0.15, -0.1) is 0 Å². The Morgan fingerprint density at radius 2 is 2.00 bits per heavy atom. The maximum atomic E-state index is 13.9. The first-order valence-corrected chi connectivity index (χ1v) is 8.00. The monoisotopic (exact) mass is 331 g/mol. The fourth-order valence-electron chi connectivity index (χ4n) is 3.46. The topological polar surface area (TPSA) is 54.9 Å². The molecule has 0 aliphatic heterocycles. The molecule has 3 rings (SSSR count). The first-order valence-electron chi connectivity index (χ1n) is 8.00. The largest absolute Gasteiger partial charge is 0.320 e. The lowest BCUT2D eigenvalue weighted by atomic mass is 9.76. The van der Waals surface area contributed by atoms with Crippen LogP contribution in [0, 0.1) is 24.5 Å². The highest BCUT2D eigenvalue weighted by atomic mass is 19.1. The number of nitrogens with zero attached hydrogens (tertiary/aromatic N) is 2. The number of amides is 1. The predicted molar refractivity (Wildman–Crippen MR) is 86.4 cm³/mol. The van der Waals surface area contributed by atoms with Gasteiger partial charge in [0, 0.05) is 11.9 Å². The third-order valence-corrected chi connectivity index (χ3v) is 4.85. The summed E-state index contributed by atoms with van der Waals surface area (Å²) in [5, 5.41) is 2.44. The molecular weight excluding hydrogens is 312 g/mol. The molecule has 1 N–H and O–H groups in total. The number of halogens is 2. The lowest BCUT2D eigenvalue weighted by Gasteiger charge is -2.31. The Kier molecular flexibility index (Phi) is 4.30. The highest BCUT2D eigenvalue weighted by Gasteiger charge is 2.50. The zero-order valence-corrected chi connectivity index (χ0v) is 13.6. The van der Waals surface area contributed by atoms with Gasteiger partial charge in [0.25, 0.3) is 0 Å². The van der Waals surface area contributed by atoms with Gasteiger partial charge in [-0.3, -0.25) is 4.79 Å². The normalized spacial score (nSPS) is 23.2. The fraction of sp³-hybridized carbons (Fsp3) is 0.389. The van der Waals surface area contributed by atoms with E-state index < -0.39 is 28.6 Å². The summed E-state index contributed by atoms with van der Waals surface area (Å²) in [6.07, 6.45) is 3.84. The van der Waals surface area contributed by atoms with E-state index in [-0.39, 0.29) is 5.92 Å². The van der Waals surface area contributed by atoms with Gasteiger partial charge in [0.05, 0.1) is 0 Å². The number of anilines is 1. The van der Waals surface area contributed by atoms with Crippen LogP contribution in [0.25, 0.3) is 0 Å². The van der Waals surface area contributed by atoms with Crippen LogP contribution >= 0.6 is 0 Å². The average Bonchev–Trinajstić information content (AvgIpc) is 2.93. The van der Waals surface area contributed by atoms with E-state index >= 15 is 0 Å². The Bertz CT molecular complexity index is 760. The second-order valence-electron chi connectivity index (χ2n) is 6.34. The van der Waals surface area contributed by atoms with Crippen molar-refractivity contribution >= 4 is 11.6 Å². The second kappa shape index (κ2) is 6.26. The van der Waals surface area contributed by atoms with Crippen molar-refractivity contribution in [2.24, 2.45) is 5.92 Å². The van der Waals surface area contributed by atoms with Gasteiger partial charge >= 0.3 is 0 Å². The third-order valence-electron chi connectivity index (χ3n) is 4.85. The van der Waals surface area contributed by atoms with Gasteiger partial charge in [0.2, 0.25) is 5.91 Å². The smallest absolute Gasteiger partial charge is 0.238 e. The van der Waals surface area contributed by atoms with E-state index in [1.165, 1.54) is 6.07 Å². The Morgan fingerprint density at radius 3 is 2.58 bits per heavy atom. The van der Waals surface area contributed by atoms with Crippen molar-refractivity contribution < 1.29 is 13.6 Å². The lowest BCUT2D eigenvalue weighted by molar-refractivity contribution is -0.123. The summed E-state index contributed by atoms with van der Waals surface area (Å²) in [5.41, 5.74) is -0.641. The number of hydrogen-bond acceptors (Lipinski definition) is 3. The van der Waals surface area contributed by atoms with E-state index in [0.717, 1.165) is 30.7 Å². The maximum absolute atomic E-state index is 13.9. The predicted octanol–water partition coefficient (Wildman–Crippen LogP) is 3.76. The molecule has 1 aliphatic rings. The van der Waals surface area contributed by atoms with Crippen LogP contribution in [0.15, 0.2) is 30.5 Å². The molecule has 1 aliphatic carbocycles. The van der Waals surface area contributed by atoms with Crippen LogP contribution in [-0.2, 0) is 10.2 Å². The Balaban J connectivity index is 2.03. The van der Waals surface area contributed by atoms with Gasteiger partial charge in [-0.05, 0) is 43.9 Å². The van der Waals surface area contributed by atoms with Crippen LogP contribution < -0.4 is 5.32 Å². The van der Waals surface area contributed by atoms with Crippen LogP contribution in [0.4, 0.5) is 14.5 Å². The van der Waals surface area contributed by atoms with Crippen molar-refractivity contribution in [2.45, 2.75) is 38.5 Å². The molecule has 1 aromatic heterocycles. The molecule has 1 saturated carbocycles. The van der Waals surface area contributed by atoms with Gasteiger partial charge in [0.1, 0.15) is 28.6 Å². The summed E-state index contributed by atoms with van der Waals surface area (Å²) in [6, 6.07) is 5.25. The number of para-hydroxylation sites is 1. The summed E-state index contributed by atoms with van der Waals surface area (Å²) in [7, 11) is 0. The number of nitrogens with one attached hydrogen (secondary N) is 1. The fourth-order valence-corrected chi connectivity index (χ4v) is 3.46. The number of benzene rings is 1. The molecule has 2 unspecified atom stereocenters. The average molecular weight is 331 g/mol. The molecule has 1 heterocycles. The molecule has 0 radical (unpaired) electrons. The minimum absolute atomic E-state index is 0.0193. The molecule has 0 bridgehead atoms. The first kappa shape index (κ1) is 16.5. The molecule has 126 valence electrons. The van der Waals surface area contributed by atoms with Crippen LogP contribution in [0.5, 0.6) is 0 Å². The molecule has 1 amide bonds. The van der Waals surface area contributed by atoms with Crippen molar-refractivity contribution in [3.05, 3.63) is 53.6 Å². The van der Waals surface area contributed by atoms with E-state index in [1.807, 2.05) is 13.8 Å².